The summed E-state index contributed by atoms with van der Waals surface area (Å²) in [5.41, 5.74) is 5.93. The number of hydrogen-bond donors (Lipinski definition) is 4. The second-order valence-electron chi connectivity index (χ2n) is 15.2. The van der Waals surface area contributed by atoms with Crippen LogP contribution in [0, 0.1) is 34.6 Å². The third kappa shape index (κ3) is 13.2. The molecule has 332 valence electrons. The Kier molecular flexibility index (Phi) is 17.4. The molecule has 61 heavy (non-hydrogen) atoms. The van der Waals surface area contributed by atoms with Crippen LogP contribution in [0.15, 0.2) is 36.4 Å². The zero-order valence-electron chi connectivity index (χ0n) is 36.4. The van der Waals surface area contributed by atoms with Crippen LogP contribution < -0.4 is 23.7 Å². The van der Waals surface area contributed by atoms with Gasteiger partial charge in [-0.1, -0.05) is 87.0 Å². The van der Waals surface area contributed by atoms with Crippen LogP contribution in [-0.2, 0) is 20.8 Å². The summed E-state index contributed by atoms with van der Waals surface area (Å²) < 4.78 is 41.4. The van der Waals surface area contributed by atoms with Crippen molar-refractivity contribution in [1.29, 1.82) is 0 Å². The topological polar surface area (TPSA) is 187 Å². The Hall–Kier alpha value is -4.68. The number of aromatic nitrogens is 8. The number of nitrogens with zero attached hydrogens (tertiary/aromatic N) is 6. The second kappa shape index (κ2) is 22.4. The van der Waals surface area contributed by atoms with Gasteiger partial charge in [-0.2, -0.15) is 13.5 Å². The number of hydrogen-bond acceptors (Lipinski definition) is 10. The van der Waals surface area contributed by atoms with Crippen LogP contribution in [0.4, 0.5) is 0 Å². The Morgan fingerprint density at radius 3 is 1.95 bits per heavy atom. The lowest BCUT2D eigenvalue weighted by molar-refractivity contribution is -0.127. The molecule has 6 rings (SSSR count). The molecule has 2 aromatic carbocycles. The summed E-state index contributed by atoms with van der Waals surface area (Å²) in [5.74, 6) is 2.51. The molecule has 0 spiro atoms. The van der Waals surface area contributed by atoms with Gasteiger partial charge in [0.1, 0.15) is 22.4 Å². The Morgan fingerprint density at radius 2 is 1.36 bits per heavy atom. The molecule has 4 heterocycles. The van der Waals surface area contributed by atoms with Gasteiger partial charge in [0.2, 0.25) is 0 Å². The van der Waals surface area contributed by atoms with E-state index in [1.165, 1.54) is 19.3 Å². The molecule has 0 aliphatic rings. The van der Waals surface area contributed by atoms with E-state index in [0.717, 1.165) is 41.1 Å². The maximum atomic E-state index is 12.6. The third-order valence-corrected chi connectivity index (χ3v) is 11.4. The number of ether oxygens (including phenoxy) is 3. The Bertz CT molecular complexity index is 2390. The Balaban J connectivity index is 0.000000237. The molecule has 19 heteroatoms. The van der Waals surface area contributed by atoms with Crippen molar-refractivity contribution >= 4 is 51.7 Å². The number of aryl methyl sites for hydroxylation is 5. The summed E-state index contributed by atoms with van der Waals surface area (Å²) in [4.78, 5) is 21.3. The van der Waals surface area contributed by atoms with Gasteiger partial charge in [0.25, 0.3) is 17.2 Å². The summed E-state index contributed by atoms with van der Waals surface area (Å²) in [6, 6.07) is 11.4. The van der Waals surface area contributed by atoms with Crippen molar-refractivity contribution in [2.45, 2.75) is 106 Å². The smallest absolute Gasteiger partial charge is 0.288 e. The number of rotatable bonds is 21. The minimum Gasteiger partial charge on any atom is -0.487 e. The monoisotopic (exact) mass is 900 g/mol. The Labute approximate surface area is 369 Å². The molecular weight excluding hydrogens is 843 g/mol. The minimum absolute atomic E-state index is 0.0630. The van der Waals surface area contributed by atoms with E-state index in [1.807, 2.05) is 78.8 Å². The molecule has 1 amide bonds. The van der Waals surface area contributed by atoms with Gasteiger partial charge in [0, 0.05) is 31.5 Å². The second-order valence-corrected chi connectivity index (χ2v) is 16.9. The number of benzene rings is 2. The molecule has 0 saturated heterocycles. The largest absolute Gasteiger partial charge is 0.487 e. The molecule has 0 radical (unpaired) electrons. The number of H-pyrrole nitrogens is 2. The van der Waals surface area contributed by atoms with E-state index in [4.69, 9.17) is 41.6 Å². The number of aromatic amines is 2. The average Bonchev–Trinajstić information content (AvgIpc) is 3.97. The van der Waals surface area contributed by atoms with E-state index in [2.05, 4.69) is 47.3 Å². The summed E-state index contributed by atoms with van der Waals surface area (Å²) in [7, 11) is 0. The summed E-state index contributed by atoms with van der Waals surface area (Å²) in [6.07, 6.45) is 4.09. The first-order valence-electron chi connectivity index (χ1n) is 20.5. The SMILES string of the molecule is CCCCCCOCCOc1ccc(C)cc1OS(=O)NCC(C)c1nc2c(Cl)c(C)[nH]n2n1.Cc1ccc(OC(C)C(=O)NCC(C)c2nc3c(Cl)c(C)[nH]n3n2)c(C)c1. The number of amides is 1. The lowest BCUT2D eigenvalue weighted by Crippen LogP contribution is -2.38. The predicted octanol–water partition coefficient (Wildman–Crippen LogP) is 7.98. The number of unbranched alkanes of at least 4 members (excludes halogenated alkanes) is 3. The van der Waals surface area contributed by atoms with Gasteiger partial charge >= 0.3 is 0 Å². The van der Waals surface area contributed by atoms with E-state index in [0.29, 0.717) is 76.5 Å². The average molecular weight is 902 g/mol. The molecule has 4 N–H and O–H groups in total. The molecular formula is C42H58Cl2N10O6S. The maximum Gasteiger partial charge on any atom is 0.288 e. The fourth-order valence-corrected chi connectivity index (χ4v) is 7.14. The van der Waals surface area contributed by atoms with Crippen LogP contribution in [-0.4, -0.2) is 88.8 Å². The first kappa shape index (κ1) is 47.4. The number of carbonyl (C=O) groups excluding carboxylic acids is 1. The van der Waals surface area contributed by atoms with Gasteiger partial charge in [-0.05, 0) is 77.3 Å². The number of carbonyl (C=O) groups is 1. The quantitative estimate of drug-likeness (QED) is 0.0516. The van der Waals surface area contributed by atoms with E-state index in [9.17, 15) is 9.00 Å². The predicted molar refractivity (Wildman–Crippen MR) is 238 cm³/mol. The highest BCUT2D eigenvalue weighted by Gasteiger charge is 2.21. The normalized spacial score (nSPS) is 13.4. The lowest BCUT2D eigenvalue weighted by Gasteiger charge is -2.17. The van der Waals surface area contributed by atoms with Crippen LogP contribution in [0.1, 0.15) is 105 Å². The standard InChI is InChI=1S/C23H34ClN5O4S.C19H24ClN5O2/c1-5-6-7-8-11-31-12-13-32-19-10-9-16(2)14-20(19)33-34(30)25-15-17(3)22-26-23-21(24)18(4)27-29(23)28-22;1-10-6-7-15(11(2)8-10)27-14(5)19(26)21-9-12(3)17-22-18-16(20)13(4)23-25(18)24-17/h9-10,14,17,25,27H,5-8,11-13,15H2,1-4H3;6-8,12,14,23H,9H2,1-5H3,(H,21,26). The van der Waals surface area contributed by atoms with Crippen molar-refractivity contribution in [3.05, 3.63) is 86.2 Å². The van der Waals surface area contributed by atoms with E-state index >= 15 is 0 Å². The van der Waals surface area contributed by atoms with Gasteiger partial charge < -0.3 is 23.7 Å². The van der Waals surface area contributed by atoms with Crippen molar-refractivity contribution in [3.63, 3.8) is 0 Å². The first-order chi connectivity index (χ1) is 29.1. The van der Waals surface area contributed by atoms with Gasteiger partial charge in [0.05, 0.1) is 18.0 Å². The van der Waals surface area contributed by atoms with E-state index in [1.54, 1.807) is 22.3 Å². The van der Waals surface area contributed by atoms with Crippen molar-refractivity contribution in [1.82, 2.24) is 49.7 Å². The molecule has 0 aliphatic carbocycles. The highest BCUT2D eigenvalue weighted by atomic mass is 35.5. The van der Waals surface area contributed by atoms with Crippen LogP contribution >= 0.6 is 23.2 Å². The zero-order chi connectivity index (χ0) is 44.2. The van der Waals surface area contributed by atoms with Crippen molar-refractivity contribution in [3.8, 4) is 17.2 Å². The fourth-order valence-electron chi connectivity index (χ4n) is 6.07. The molecule has 6 aromatic rings. The van der Waals surface area contributed by atoms with Gasteiger partial charge in [-0.15, -0.1) is 10.2 Å². The minimum atomic E-state index is -1.77. The van der Waals surface area contributed by atoms with Crippen LogP contribution in [0.5, 0.6) is 17.2 Å². The molecule has 0 bridgehead atoms. The molecule has 4 unspecified atom stereocenters. The van der Waals surface area contributed by atoms with Crippen molar-refractivity contribution < 1.29 is 27.4 Å². The first-order valence-corrected chi connectivity index (χ1v) is 22.4. The Morgan fingerprint density at radius 1 is 0.770 bits per heavy atom. The van der Waals surface area contributed by atoms with Crippen LogP contribution in [0.2, 0.25) is 10.0 Å². The van der Waals surface area contributed by atoms with E-state index < -0.39 is 17.4 Å². The highest BCUT2D eigenvalue weighted by Crippen LogP contribution is 2.29. The third-order valence-electron chi connectivity index (χ3n) is 9.71. The summed E-state index contributed by atoms with van der Waals surface area (Å²) in [6.45, 7) is 19.8. The highest BCUT2D eigenvalue weighted by molar-refractivity contribution is 7.78. The zero-order valence-corrected chi connectivity index (χ0v) is 38.7. The van der Waals surface area contributed by atoms with Gasteiger partial charge in [-0.25, -0.2) is 14.7 Å². The molecule has 4 aromatic heterocycles. The van der Waals surface area contributed by atoms with Crippen molar-refractivity contribution in [2.75, 3.05) is 32.9 Å². The molecule has 16 nitrogen and oxygen atoms in total. The van der Waals surface area contributed by atoms with Gasteiger partial charge in [-0.3, -0.25) is 15.0 Å². The fraction of sp³-hybridized carbons (Fsp3) is 0.500. The van der Waals surface area contributed by atoms with Crippen LogP contribution in [0.3, 0.4) is 0 Å². The maximum absolute atomic E-state index is 12.6. The molecule has 0 aliphatic heterocycles. The summed E-state index contributed by atoms with van der Waals surface area (Å²) in [5, 5.41) is 18.8. The molecule has 4 atom stereocenters. The number of nitrogens with one attached hydrogen (secondary N) is 4. The van der Waals surface area contributed by atoms with Crippen LogP contribution in [0.25, 0.3) is 11.3 Å². The number of halogens is 2. The summed E-state index contributed by atoms with van der Waals surface area (Å²) >= 11 is 10.6. The van der Waals surface area contributed by atoms with Gasteiger partial charge in [0.15, 0.2) is 40.5 Å². The molecule has 0 saturated carbocycles. The molecule has 0 fully saturated rings. The van der Waals surface area contributed by atoms with E-state index in [-0.39, 0.29) is 17.7 Å². The lowest BCUT2D eigenvalue weighted by atomic mass is 10.1. The van der Waals surface area contributed by atoms with Crippen molar-refractivity contribution in [2.24, 2.45) is 0 Å². The number of fused-ring (bicyclic) bond motifs is 2.